The van der Waals surface area contributed by atoms with Gasteiger partial charge in [-0.1, -0.05) is 6.07 Å². The third-order valence-corrected chi connectivity index (χ3v) is 7.91. The summed E-state index contributed by atoms with van der Waals surface area (Å²) in [6, 6.07) is 2.22. The van der Waals surface area contributed by atoms with E-state index in [-0.39, 0.29) is 23.9 Å². The second-order valence-corrected chi connectivity index (χ2v) is 9.63. The molecule has 32 heavy (non-hydrogen) atoms. The fourth-order valence-corrected chi connectivity index (χ4v) is 5.84. The molecule has 1 spiro atoms. The van der Waals surface area contributed by atoms with Gasteiger partial charge in [-0.15, -0.1) is 5.10 Å². The molecule has 2 fully saturated rings. The molecule has 0 aromatic carbocycles. The number of carbonyl (C=O) groups is 2. The standard InChI is InChI=1S/C23H26N6O3/c1-14-18(13-32-21(14)30)28-9-8-23(22(28)31)6-4-15(5-7-23)2-3-16-10-17-12-29-20(25-26-27-29)19(17)24-11-16/h10-11,15H,2-9,12-13H2,1H3. The number of tetrazole rings is 1. The van der Waals surface area contributed by atoms with Crippen LogP contribution in [-0.2, 0) is 27.3 Å². The molecule has 2 aromatic rings. The fourth-order valence-electron chi connectivity index (χ4n) is 5.84. The first-order valence-electron chi connectivity index (χ1n) is 11.5. The van der Waals surface area contributed by atoms with Crippen molar-refractivity contribution in [3.8, 4) is 11.5 Å². The van der Waals surface area contributed by atoms with Crippen molar-refractivity contribution in [2.45, 2.75) is 58.4 Å². The quantitative estimate of drug-likeness (QED) is 0.580. The number of likely N-dealkylation sites (tertiary alicyclic amines) is 1. The number of carbonyl (C=O) groups excluding carboxylic acids is 2. The van der Waals surface area contributed by atoms with Gasteiger partial charge >= 0.3 is 5.97 Å². The topological polar surface area (TPSA) is 103 Å². The largest absolute Gasteiger partial charge is 0.456 e. The fraction of sp³-hybridized carbons (Fsp3) is 0.565. The lowest BCUT2D eigenvalue weighted by Crippen LogP contribution is -2.37. The van der Waals surface area contributed by atoms with E-state index in [1.54, 1.807) is 11.6 Å². The normalized spacial score (nSPS) is 26.8. The van der Waals surface area contributed by atoms with Crippen LogP contribution in [0.5, 0.6) is 0 Å². The summed E-state index contributed by atoms with van der Waals surface area (Å²) in [6.45, 7) is 3.39. The van der Waals surface area contributed by atoms with E-state index in [1.807, 2.05) is 11.1 Å². The lowest BCUT2D eigenvalue weighted by atomic mass is 9.68. The van der Waals surface area contributed by atoms with E-state index in [2.05, 4.69) is 26.6 Å². The molecule has 3 aliphatic heterocycles. The van der Waals surface area contributed by atoms with E-state index in [0.717, 1.165) is 67.7 Å². The molecular formula is C23H26N6O3. The molecule has 166 valence electrons. The minimum absolute atomic E-state index is 0.201. The summed E-state index contributed by atoms with van der Waals surface area (Å²) in [5.74, 6) is 1.29. The van der Waals surface area contributed by atoms with Gasteiger partial charge < -0.3 is 9.64 Å². The number of hydrogen-bond donors (Lipinski definition) is 0. The number of nitrogens with zero attached hydrogens (tertiary/aromatic N) is 6. The molecule has 0 bridgehead atoms. The van der Waals surface area contributed by atoms with Crippen LogP contribution in [0.1, 0.15) is 56.6 Å². The number of ether oxygens (including phenoxy) is 1. The molecule has 6 rings (SSSR count). The Morgan fingerprint density at radius 3 is 2.84 bits per heavy atom. The second-order valence-electron chi connectivity index (χ2n) is 9.63. The Morgan fingerprint density at radius 2 is 2.06 bits per heavy atom. The van der Waals surface area contributed by atoms with Crippen molar-refractivity contribution in [3.63, 3.8) is 0 Å². The Kier molecular flexibility index (Phi) is 4.41. The first-order valence-corrected chi connectivity index (χ1v) is 11.5. The van der Waals surface area contributed by atoms with Gasteiger partial charge in [0, 0.05) is 18.3 Å². The highest BCUT2D eigenvalue weighted by atomic mass is 16.5. The highest BCUT2D eigenvalue weighted by Gasteiger charge is 2.50. The van der Waals surface area contributed by atoms with Gasteiger partial charge in [0.25, 0.3) is 0 Å². The summed E-state index contributed by atoms with van der Waals surface area (Å²) < 4.78 is 6.91. The average molecular weight is 435 g/mol. The van der Waals surface area contributed by atoms with E-state index in [4.69, 9.17) is 4.74 Å². The Bertz CT molecular complexity index is 1140. The SMILES string of the molecule is CC1=C(N2CCC3(CCC(CCc4cnc5c(c4)Cn4nnnc4-5)CC3)C2=O)COC1=O. The molecule has 0 radical (unpaired) electrons. The zero-order chi connectivity index (χ0) is 21.9. The Labute approximate surface area is 185 Å². The minimum atomic E-state index is -0.295. The molecule has 0 N–H and O–H groups in total. The van der Waals surface area contributed by atoms with Crippen molar-refractivity contribution in [2.24, 2.45) is 11.3 Å². The summed E-state index contributed by atoms with van der Waals surface area (Å²) in [7, 11) is 0. The smallest absolute Gasteiger partial charge is 0.336 e. The first-order chi connectivity index (χ1) is 15.5. The predicted molar refractivity (Wildman–Crippen MR) is 113 cm³/mol. The van der Waals surface area contributed by atoms with Crippen LogP contribution >= 0.6 is 0 Å². The highest BCUT2D eigenvalue weighted by Crippen LogP contribution is 2.48. The Hall–Kier alpha value is -3.10. The summed E-state index contributed by atoms with van der Waals surface area (Å²) in [6.07, 6.45) is 8.99. The molecule has 9 nitrogen and oxygen atoms in total. The number of fused-ring (bicyclic) bond motifs is 3. The number of aryl methyl sites for hydroxylation is 1. The molecule has 1 saturated heterocycles. The van der Waals surface area contributed by atoms with Crippen molar-refractivity contribution in [1.82, 2.24) is 30.1 Å². The van der Waals surface area contributed by atoms with Crippen molar-refractivity contribution >= 4 is 11.9 Å². The summed E-state index contributed by atoms with van der Waals surface area (Å²) in [4.78, 5) is 31.4. The van der Waals surface area contributed by atoms with Gasteiger partial charge in [-0.25, -0.2) is 9.48 Å². The molecule has 0 atom stereocenters. The van der Waals surface area contributed by atoms with E-state index in [0.29, 0.717) is 24.6 Å². The number of amides is 1. The molecule has 9 heteroatoms. The van der Waals surface area contributed by atoms with Crippen LogP contribution in [0.4, 0.5) is 0 Å². The third-order valence-electron chi connectivity index (χ3n) is 7.91. The summed E-state index contributed by atoms with van der Waals surface area (Å²) in [5.41, 5.74) is 4.42. The maximum Gasteiger partial charge on any atom is 0.336 e. The van der Waals surface area contributed by atoms with Crippen molar-refractivity contribution in [3.05, 3.63) is 34.7 Å². The van der Waals surface area contributed by atoms with Gasteiger partial charge in [0.05, 0.1) is 23.2 Å². The number of aromatic nitrogens is 5. The molecule has 1 amide bonds. The van der Waals surface area contributed by atoms with Gasteiger partial charge in [0.2, 0.25) is 11.7 Å². The molecule has 1 aliphatic carbocycles. The average Bonchev–Trinajstić information content (AvgIpc) is 3.54. The van der Waals surface area contributed by atoms with Crippen molar-refractivity contribution in [1.29, 1.82) is 0 Å². The van der Waals surface area contributed by atoms with Crippen molar-refractivity contribution in [2.75, 3.05) is 13.2 Å². The number of hydrogen-bond acceptors (Lipinski definition) is 7. The van der Waals surface area contributed by atoms with E-state index in [1.165, 1.54) is 5.56 Å². The number of rotatable bonds is 4. The van der Waals surface area contributed by atoms with Crippen LogP contribution in [-0.4, -0.2) is 55.1 Å². The number of pyridine rings is 1. The van der Waals surface area contributed by atoms with E-state index < -0.39 is 0 Å². The molecular weight excluding hydrogens is 408 g/mol. The number of cyclic esters (lactones) is 1. The number of esters is 1. The molecule has 2 aromatic heterocycles. The lowest BCUT2D eigenvalue weighted by Gasteiger charge is -2.36. The highest BCUT2D eigenvalue weighted by molar-refractivity contribution is 5.94. The first kappa shape index (κ1) is 19.6. The van der Waals surface area contributed by atoms with Crippen LogP contribution in [0.15, 0.2) is 23.5 Å². The predicted octanol–water partition coefficient (Wildman–Crippen LogP) is 2.27. The Balaban J connectivity index is 1.06. The summed E-state index contributed by atoms with van der Waals surface area (Å²) in [5, 5.41) is 11.8. The van der Waals surface area contributed by atoms with Gasteiger partial charge in [0.15, 0.2) is 0 Å². The molecule has 4 aliphatic rings. The summed E-state index contributed by atoms with van der Waals surface area (Å²) >= 11 is 0. The van der Waals surface area contributed by atoms with Crippen molar-refractivity contribution < 1.29 is 14.3 Å². The van der Waals surface area contributed by atoms with Crippen LogP contribution in [0.2, 0.25) is 0 Å². The molecule has 5 heterocycles. The van der Waals surface area contributed by atoms with Crippen LogP contribution in [0, 0.1) is 11.3 Å². The van der Waals surface area contributed by atoms with Crippen LogP contribution in [0.3, 0.4) is 0 Å². The van der Waals surface area contributed by atoms with E-state index >= 15 is 0 Å². The minimum Gasteiger partial charge on any atom is -0.456 e. The monoisotopic (exact) mass is 434 g/mol. The zero-order valence-electron chi connectivity index (χ0n) is 18.2. The van der Waals surface area contributed by atoms with E-state index in [9.17, 15) is 9.59 Å². The van der Waals surface area contributed by atoms with Crippen LogP contribution < -0.4 is 0 Å². The van der Waals surface area contributed by atoms with Gasteiger partial charge in [0.1, 0.15) is 12.3 Å². The van der Waals surface area contributed by atoms with Crippen LogP contribution in [0.25, 0.3) is 11.5 Å². The maximum atomic E-state index is 13.3. The maximum absolute atomic E-state index is 13.3. The van der Waals surface area contributed by atoms with Gasteiger partial charge in [-0.2, -0.15) is 0 Å². The van der Waals surface area contributed by atoms with Gasteiger partial charge in [-0.05, 0) is 73.8 Å². The van der Waals surface area contributed by atoms with Gasteiger partial charge in [-0.3, -0.25) is 9.78 Å². The lowest BCUT2D eigenvalue weighted by molar-refractivity contribution is -0.138. The zero-order valence-corrected chi connectivity index (χ0v) is 18.2. The third kappa shape index (κ3) is 2.97. The second kappa shape index (κ2) is 7.21. The molecule has 0 unspecified atom stereocenters. The molecule has 1 saturated carbocycles. The Morgan fingerprint density at radius 1 is 1.22 bits per heavy atom.